The maximum Gasteiger partial charge on any atom is 0.137 e. The lowest BCUT2D eigenvalue weighted by Gasteiger charge is -2.13. The molecule has 2 nitrogen and oxygen atoms in total. The number of quaternary nitrogens is 1. The molecule has 0 saturated carbocycles. The van der Waals surface area contributed by atoms with Gasteiger partial charge < -0.3 is 10.1 Å². The average Bonchev–Trinajstić information content (AvgIpc) is 2.30. The molecule has 0 spiro atoms. The SMILES string of the molecule is CC[C@H](C)[NH2+]CCOc1cc(C)cc(C)c1C. The minimum absolute atomic E-state index is 0.693. The lowest BCUT2D eigenvalue weighted by Crippen LogP contribution is -2.90. The van der Waals surface area contributed by atoms with Crippen LogP contribution in [0, 0.1) is 20.8 Å². The zero-order chi connectivity index (χ0) is 12.8. The van der Waals surface area contributed by atoms with Crippen LogP contribution in [0.3, 0.4) is 0 Å². The molecule has 17 heavy (non-hydrogen) atoms. The second kappa shape index (κ2) is 6.65. The highest BCUT2D eigenvalue weighted by Crippen LogP contribution is 2.22. The standard InChI is InChI=1S/C15H25NO/c1-6-13(4)16-7-8-17-15-10-11(2)9-12(3)14(15)5/h9-10,13,16H,6-8H2,1-5H3/p+1/t13-/m0/s1. The van der Waals surface area contributed by atoms with Crippen molar-refractivity contribution in [2.45, 2.75) is 47.1 Å². The molecule has 0 bridgehead atoms. The predicted octanol–water partition coefficient (Wildman–Crippen LogP) is 2.35. The van der Waals surface area contributed by atoms with Crippen molar-refractivity contribution in [3.05, 3.63) is 28.8 Å². The number of aryl methyl sites for hydroxylation is 2. The lowest BCUT2D eigenvalue weighted by molar-refractivity contribution is -0.686. The molecule has 0 amide bonds. The molecule has 2 heteroatoms. The van der Waals surface area contributed by atoms with Crippen LogP contribution in [0.15, 0.2) is 12.1 Å². The molecule has 1 rings (SSSR count). The molecule has 0 radical (unpaired) electrons. The van der Waals surface area contributed by atoms with Crippen LogP contribution in [0.5, 0.6) is 5.75 Å². The summed E-state index contributed by atoms with van der Waals surface area (Å²) in [6.45, 7) is 12.7. The molecule has 0 aliphatic carbocycles. The van der Waals surface area contributed by atoms with E-state index < -0.39 is 0 Å². The number of nitrogens with two attached hydrogens (primary N) is 1. The first kappa shape index (κ1) is 14.0. The van der Waals surface area contributed by atoms with E-state index in [1.165, 1.54) is 23.1 Å². The first-order valence-electron chi connectivity index (χ1n) is 6.58. The second-order valence-electron chi connectivity index (χ2n) is 4.96. The Balaban J connectivity index is 2.47. The van der Waals surface area contributed by atoms with Crippen LogP contribution >= 0.6 is 0 Å². The third kappa shape index (κ3) is 4.39. The molecule has 0 heterocycles. The summed E-state index contributed by atoms with van der Waals surface area (Å²) in [5.41, 5.74) is 3.85. The summed E-state index contributed by atoms with van der Waals surface area (Å²) in [5, 5.41) is 2.35. The summed E-state index contributed by atoms with van der Waals surface area (Å²) in [4.78, 5) is 0. The molecule has 0 aliphatic rings. The van der Waals surface area contributed by atoms with Gasteiger partial charge in [0.15, 0.2) is 0 Å². The highest BCUT2D eigenvalue weighted by Gasteiger charge is 2.05. The minimum atomic E-state index is 0.693. The van der Waals surface area contributed by atoms with Gasteiger partial charge in [0.05, 0.1) is 6.04 Å². The molecule has 2 N–H and O–H groups in total. The molecule has 1 atom stereocenters. The van der Waals surface area contributed by atoms with Crippen molar-refractivity contribution in [2.24, 2.45) is 0 Å². The van der Waals surface area contributed by atoms with Crippen LogP contribution in [0.25, 0.3) is 0 Å². The fourth-order valence-electron chi connectivity index (χ4n) is 1.84. The Morgan fingerprint density at radius 3 is 2.59 bits per heavy atom. The van der Waals surface area contributed by atoms with Crippen molar-refractivity contribution in [2.75, 3.05) is 13.2 Å². The monoisotopic (exact) mass is 236 g/mol. The highest BCUT2D eigenvalue weighted by molar-refractivity contribution is 5.41. The maximum absolute atomic E-state index is 5.86. The summed E-state index contributed by atoms with van der Waals surface area (Å²) >= 11 is 0. The average molecular weight is 236 g/mol. The van der Waals surface area contributed by atoms with Gasteiger partial charge in [-0.2, -0.15) is 0 Å². The largest absolute Gasteiger partial charge is 0.487 e. The number of benzene rings is 1. The quantitative estimate of drug-likeness (QED) is 0.754. The van der Waals surface area contributed by atoms with E-state index in [1.807, 2.05) is 0 Å². The molecule has 0 fully saturated rings. The summed E-state index contributed by atoms with van der Waals surface area (Å²) in [6, 6.07) is 5.03. The summed E-state index contributed by atoms with van der Waals surface area (Å²) in [6.07, 6.45) is 1.21. The molecular formula is C15H26NO+. The molecule has 0 saturated heterocycles. The fraction of sp³-hybridized carbons (Fsp3) is 0.600. The van der Waals surface area contributed by atoms with Crippen LogP contribution in [0.2, 0.25) is 0 Å². The topological polar surface area (TPSA) is 25.8 Å². The smallest absolute Gasteiger partial charge is 0.137 e. The maximum atomic E-state index is 5.86. The Morgan fingerprint density at radius 1 is 1.24 bits per heavy atom. The predicted molar refractivity (Wildman–Crippen MR) is 72.7 cm³/mol. The van der Waals surface area contributed by atoms with Gasteiger partial charge in [-0.3, -0.25) is 0 Å². The Kier molecular flexibility index (Phi) is 5.49. The summed E-state index contributed by atoms with van der Waals surface area (Å²) in [5.74, 6) is 1.04. The van der Waals surface area contributed by atoms with E-state index in [-0.39, 0.29) is 0 Å². The molecule has 0 unspecified atom stereocenters. The highest BCUT2D eigenvalue weighted by atomic mass is 16.5. The Hall–Kier alpha value is -1.02. The number of hydrogen-bond acceptors (Lipinski definition) is 1. The summed E-state index contributed by atoms with van der Waals surface area (Å²) in [7, 11) is 0. The third-order valence-electron chi connectivity index (χ3n) is 3.35. The second-order valence-corrected chi connectivity index (χ2v) is 4.96. The normalized spacial score (nSPS) is 12.5. The van der Waals surface area contributed by atoms with Gasteiger partial charge >= 0.3 is 0 Å². The fourth-order valence-corrected chi connectivity index (χ4v) is 1.84. The van der Waals surface area contributed by atoms with Gasteiger partial charge in [-0.1, -0.05) is 13.0 Å². The molecule has 0 aromatic heterocycles. The van der Waals surface area contributed by atoms with Crippen LogP contribution in [0.4, 0.5) is 0 Å². The minimum Gasteiger partial charge on any atom is -0.487 e. The van der Waals surface area contributed by atoms with Gasteiger partial charge in [-0.25, -0.2) is 0 Å². The van der Waals surface area contributed by atoms with Crippen molar-refractivity contribution in [1.82, 2.24) is 0 Å². The van der Waals surface area contributed by atoms with Crippen LogP contribution in [0.1, 0.15) is 37.0 Å². The Morgan fingerprint density at radius 2 is 1.94 bits per heavy atom. The number of rotatable bonds is 6. The number of hydrogen-bond donors (Lipinski definition) is 1. The number of ether oxygens (including phenoxy) is 1. The van der Waals surface area contributed by atoms with Crippen molar-refractivity contribution in [3.63, 3.8) is 0 Å². The van der Waals surface area contributed by atoms with Gasteiger partial charge in [0, 0.05) is 0 Å². The molecular weight excluding hydrogens is 210 g/mol. The first-order valence-corrected chi connectivity index (χ1v) is 6.58. The molecule has 0 aliphatic heterocycles. The van der Waals surface area contributed by atoms with E-state index >= 15 is 0 Å². The van der Waals surface area contributed by atoms with Gasteiger partial charge in [0.1, 0.15) is 18.9 Å². The van der Waals surface area contributed by atoms with Crippen molar-refractivity contribution in [3.8, 4) is 5.75 Å². The Bertz CT molecular complexity index is 360. The molecule has 1 aromatic carbocycles. The van der Waals surface area contributed by atoms with E-state index in [4.69, 9.17) is 4.74 Å². The van der Waals surface area contributed by atoms with Crippen molar-refractivity contribution < 1.29 is 10.1 Å². The molecule has 1 aromatic rings. The zero-order valence-corrected chi connectivity index (χ0v) is 11.8. The van der Waals surface area contributed by atoms with E-state index in [0.717, 1.165) is 18.9 Å². The third-order valence-corrected chi connectivity index (χ3v) is 3.35. The van der Waals surface area contributed by atoms with E-state index in [2.05, 4.69) is 52.1 Å². The van der Waals surface area contributed by atoms with Gasteiger partial charge in [0.25, 0.3) is 0 Å². The molecule has 96 valence electrons. The zero-order valence-electron chi connectivity index (χ0n) is 11.8. The van der Waals surface area contributed by atoms with Crippen LogP contribution in [-0.4, -0.2) is 19.2 Å². The van der Waals surface area contributed by atoms with Crippen LogP contribution in [-0.2, 0) is 0 Å². The van der Waals surface area contributed by atoms with Gasteiger partial charge in [0.2, 0.25) is 0 Å². The van der Waals surface area contributed by atoms with Crippen molar-refractivity contribution in [1.29, 1.82) is 0 Å². The van der Waals surface area contributed by atoms with E-state index in [9.17, 15) is 0 Å². The first-order chi connectivity index (χ1) is 8.04. The Labute approximate surface area is 105 Å². The van der Waals surface area contributed by atoms with Gasteiger partial charge in [-0.05, 0) is 56.9 Å². The summed E-state index contributed by atoms with van der Waals surface area (Å²) < 4.78 is 5.86. The lowest BCUT2D eigenvalue weighted by atomic mass is 10.1. The van der Waals surface area contributed by atoms with Gasteiger partial charge in [-0.15, -0.1) is 0 Å². The van der Waals surface area contributed by atoms with E-state index in [0.29, 0.717) is 6.04 Å². The van der Waals surface area contributed by atoms with Crippen molar-refractivity contribution >= 4 is 0 Å². The van der Waals surface area contributed by atoms with E-state index in [1.54, 1.807) is 0 Å². The van der Waals surface area contributed by atoms with Crippen LogP contribution < -0.4 is 10.1 Å².